The van der Waals surface area contributed by atoms with E-state index in [4.69, 9.17) is 0 Å². The molecule has 0 atom stereocenters. The van der Waals surface area contributed by atoms with Crippen LogP contribution in [-0.4, -0.2) is 51.1 Å². The second-order valence-electron chi connectivity index (χ2n) is 4.37. The van der Waals surface area contributed by atoms with Crippen molar-refractivity contribution in [2.75, 3.05) is 36.6 Å². The normalized spacial score (nSPS) is 18.9. The van der Waals surface area contributed by atoms with Gasteiger partial charge in [-0.05, 0) is 6.42 Å². The summed E-state index contributed by atoms with van der Waals surface area (Å²) in [5.74, 6) is 0.0818. The zero-order valence-electron chi connectivity index (χ0n) is 10.7. The lowest BCUT2D eigenvalue weighted by atomic mass is 10.3. The summed E-state index contributed by atoms with van der Waals surface area (Å²) in [5, 5.41) is 2.59. The summed E-state index contributed by atoms with van der Waals surface area (Å²) >= 11 is 1.43. The first-order valence-electron chi connectivity index (χ1n) is 5.97. The Morgan fingerprint density at radius 2 is 2.26 bits per heavy atom. The summed E-state index contributed by atoms with van der Waals surface area (Å²) in [5.41, 5.74) is 0.666. The molecule has 2 rings (SSSR count). The summed E-state index contributed by atoms with van der Waals surface area (Å²) in [7, 11) is -1.57. The molecule has 1 saturated heterocycles. The van der Waals surface area contributed by atoms with E-state index in [1.807, 2.05) is 10.3 Å². The topological polar surface area (TPSA) is 76.6 Å². The van der Waals surface area contributed by atoms with Crippen LogP contribution in [0.4, 0.5) is 5.13 Å². The molecule has 0 radical (unpaired) electrons. The van der Waals surface area contributed by atoms with E-state index in [-0.39, 0.29) is 23.9 Å². The molecule has 1 aliphatic heterocycles. The van der Waals surface area contributed by atoms with E-state index in [0.29, 0.717) is 25.2 Å². The molecule has 8 heteroatoms. The predicted molar refractivity (Wildman–Crippen MR) is 73.3 cm³/mol. The van der Waals surface area contributed by atoms with Crippen molar-refractivity contribution in [1.29, 1.82) is 0 Å². The monoisotopic (exact) mass is 304 g/mol. The Bertz CT molecular complexity index is 553. The number of carbonyl (C=O) groups is 1. The Kier molecular flexibility index (Phi) is 4.41. The molecule has 0 N–H and O–H groups in total. The minimum Gasteiger partial charge on any atom is -0.469 e. The van der Waals surface area contributed by atoms with Crippen LogP contribution in [0.15, 0.2) is 5.38 Å². The Labute approximate surface area is 116 Å². The molecule has 19 heavy (non-hydrogen) atoms. The number of esters is 1. The molecular formula is C11H16N2O4S2. The molecule has 6 nitrogen and oxygen atoms in total. The van der Waals surface area contributed by atoms with Gasteiger partial charge in [-0.15, -0.1) is 11.3 Å². The van der Waals surface area contributed by atoms with Crippen molar-refractivity contribution in [2.24, 2.45) is 0 Å². The summed E-state index contributed by atoms with van der Waals surface area (Å²) in [6.45, 7) is 1.15. The molecule has 0 amide bonds. The second-order valence-corrected chi connectivity index (χ2v) is 7.51. The summed E-state index contributed by atoms with van der Waals surface area (Å²) in [4.78, 5) is 17.5. The summed E-state index contributed by atoms with van der Waals surface area (Å²) in [6.07, 6.45) is 0.771. The van der Waals surface area contributed by atoms with Crippen LogP contribution in [0.25, 0.3) is 0 Å². The van der Waals surface area contributed by atoms with Crippen LogP contribution in [0.1, 0.15) is 12.1 Å². The van der Waals surface area contributed by atoms with Gasteiger partial charge in [0.05, 0.1) is 30.7 Å². The lowest BCUT2D eigenvalue weighted by Crippen LogP contribution is -2.26. The SMILES string of the molecule is COC(=O)Cc1csc(N2CCCS(=O)(=O)CC2)n1. The maximum Gasteiger partial charge on any atom is 0.311 e. The molecule has 1 aromatic rings. The van der Waals surface area contributed by atoms with Crippen molar-refractivity contribution < 1.29 is 17.9 Å². The van der Waals surface area contributed by atoms with Gasteiger partial charge >= 0.3 is 5.97 Å². The molecule has 106 valence electrons. The number of thiazole rings is 1. The standard InChI is InChI=1S/C11H16N2O4S2/c1-17-10(14)7-9-8-18-11(12-9)13-3-2-5-19(15,16)6-4-13/h8H,2-7H2,1H3. The van der Waals surface area contributed by atoms with Gasteiger partial charge in [0.25, 0.3) is 0 Å². The minimum absolute atomic E-state index is 0.152. The van der Waals surface area contributed by atoms with Crippen LogP contribution >= 0.6 is 11.3 Å². The fourth-order valence-corrected chi connectivity index (χ4v) is 4.02. The predicted octanol–water partition coefficient (Wildman–Crippen LogP) is 0.484. The largest absolute Gasteiger partial charge is 0.469 e. The van der Waals surface area contributed by atoms with E-state index in [2.05, 4.69) is 9.72 Å². The van der Waals surface area contributed by atoms with Gasteiger partial charge in [-0.25, -0.2) is 13.4 Å². The van der Waals surface area contributed by atoms with Gasteiger partial charge in [0.1, 0.15) is 0 Å². The highest BCUT2D eigenvalue weighted by Crippen LogP contribution is 2.22. The molecule has 1 aliphatic rings. The number of rotatable bonds is 3. The number of hydrogen-bond donors (Lipinski definition) is 0. The number of sulfone groups is 1. The number of aromatic nitrogens is 1. The van der Waals surface area contributed by atoms with Gasteiger partial charge in [-0.2, -0.15) is 0 Å². The van der Waals surface area contributed by atoms with Crippen LogP contribution in [0.5, 0.6) is 0 Å². The van der Waals surface area contributed by atoms with Gasteiger partial charge in [0.15, 0.2) is 15.0 Å². The zero-order valence-corrected chi connectivity index (χ0v) is 12.3. The van der Waals surface area contributed by atoms with Crippen molar-refractivity contribution in [2.45, 2.75) is 12.8 Å². The zero-order chi connectivity index (χ0) is 13.9. The van der Waals surface area contributed by atoms with Crippen LogP contribution in [0.3, 0.4) is 0 Å². The number of nitrogens with zero attached hydrogens (tertiary/aromatic N) is 2. The minimum atomic E-state index is -2.92. The van der Waals surface area contributed by atoms with E-state index in [0.717, 1.165) is 5.13 Å². The molecule has 1 aromatic heterocycles. The van der Waals surface area contributed by atoms with Crippen LogP contribution < -0.4 is 4.90 Å². The fourth-order valence-electron chi connectivity index (χ4n) is 1.87. The van der Waals surface area contributed by atoms with Crippen LogP contribution in [0.2, 0.25) is 0 Å². The van der Waals surface area contributed by atoms with Gasteiger partial charge in [0, 0.05) is 18.5 Å². The average Bonchev–Trinajstić information content (AvgIpc) is 2.73. The van der Waals surface area contributed by atoms with Gasteiger partial charge < -0.3 is 9.64 Å². The van der Waals surface area contributed by atoms with Crippen LogP contribution in [0, 0.1) is 0 Å². The van der Waals surface area contributed by atoms with E-state index in [9.17, 15) is 13.2 Å². The third kappa shape index (κ3) is 3.90. The first kappa shape index (κ1) is 14.3. The second kappa shape index (κ2) is 5.87. The van der Waals surface area contributed by atoms with Crippen molar-refractivity contribution in [3.63, 3.8) is 0 Å². The highest BCUT2D eigenvalue weighted by Gasteiger charge is 2.21. The van der Waals surface area contributed by atoms with Gasteiger partial charge in [-0.1, -0.05) is 0 Å². The van der Waals surface area contributed by atoms with Gasteiger partial charge in [-0.3, -0.25) is 4.79 Å². The molecule has 0 aromatic carbocycles. The maximum absolute atomic E-state index is 11.5. The molecule has 0 spiro atoms. The molecule has 0 bridgehead atoms. The molecule has 0 saturated carbocycles. The first-order chi connectivity index (χ1) is 9.00. The lowest BCUT2D eigenvalue weighted by Gasteiger charge is -2.17. The molecule has 0 unspecified atom stereocenters. The summed E-state index contributed by atoms with van der Waals surface area (Å²) in [6, 6.07) is 0. The number of methoxy groups -OCH3 is 1. The van der Waals surface area contributed by atoms with E-state index in [1.54, 1.807) is 0 Å². The third-order valence-electron chi connectivity index (χ3n) is 2.92. The van der Waals surface area contributed by atoms with E-state index >= 15 is 0 Å². The quantitative estimate of drug-likeness (QED) is 0.756. The highest BCUT2D eigenvalue weighted by molar-refractivity contribution is 7.91. The maximum atomic E-state index is 11.5. The highest BCUT2D eigenvalue weighted by atomic mass is 32.2. The lowest BCUT2D eigenvalue weighted by molar-refractivity contribution is -0.139. The summed E-state index contributed by atoms with van der Waals surface area (Å²) < 4.78 is 27.7. The van der Waals surface area contributed by atoms with Crippen molar-refractivity contribution in [1.82, 2.24) is 4.98 Å². The van der Waals surface area contributed by atoms with Crippen molar-refractivity contribution >= 4 is 32.3 Å². The first-order valence-corrected chi connectivity index (χ1v) is 8.67. The van der Waals surface area contributed by atoms with Gasteiger partial charge in [0.2, 0.25) is 0 Å². The fraction of sp³-hybridized carbons (Fsp3) is 0.636. The molecule has 1 fully saturated rings. The smallest absolute Gasteiger partial charge is 0.311 e. The molecule has 2 heterocycles. The Balaban J connectivity index is 2.04. The molecular weight excluding hydrogens is 288 g/mol. The number of anilines is 1. The average molecular weight is 304 g/mol. The Morgan fingerprint density at radius 1 is 1.47 bits per heavy atom. The van der Waals surface area contributed by atoms with Crippen molar-refractivity contribution in [3.05, 3.63) is 11.1 Å². The van der Waals surface area contributed by atoms with Crippen LogP contribution in [-0.2, 0) is 25.8 Å². The van der Waals surface area contributed by atoms with Crippen molar-refractivity contribution in [3.8, 4) is 0 Å². The van der Waals surface area contributed by atoms with E-state index in [1.165, 1.54) is 18.4 Å². The Morgan fingerprint density at radius 3 is 3.00 bits per heavy atom. The number of hydrogen-bond acceptors (Lipinski definition) is 7. The third-order valence-corrected chi connectivity index (χ3v) is 5.58. The van der Waals surface area contributed by atoms with E-state index < -0.39 is 9.84 Å². The Hall–Kier alpha value is -1.15. The molecule has 0 aliphatic carbocycles. The number of carbonyl (C=O) groups excluding carboxylic acids is 1. The number of ether oxygens (including phenoxy) is 1.